The summed E-state index contributed by atoms with van der Waals surface area (Å²) in [6, 6.07) is 0. The standard InChI is InChI=1S/C11H20O2.C6H15NO2/c1-2-3-4-5-6-7-8-9-10-11(12)13;1-5(8)3-7-4-6(2)9/h9-10H,2-8H2,1H3,(H,12,13);5-9H,3-4H2,1-2H3/b10-9+;. The molecule has 2 unspecified atom stereocenters. The van der Waals surface area contributed by atoms with Gasteiger partial charge in [0, 0.05) is 19.2 Å². The molecule has 0 saturated carbocycles. The summed E-state index contributed by atoms with van der Waals surface area (Å²) in [5, 5.41) is 28.6. The second kappa shape index (κ2) is 18.1. The fourth-order valence-electron chi connectivity index (χ4n) is 1.73. The van der Waals surface area contributed by atoms with Gasteiger partial charge in [0.25, 0.3) is 0 Å². The first-order chi connectivity index (χ1) is 10.4. The summed E-state index contributed by atoms with van der Waals surface area (Å²) >= 11 is 0. The molecule has 0 aromatic carbocycles. The Morgan fingerprint density at radius 3 is 1.95 bits per heavy atom. The first kappa shape index (κ1) is 23.4. The van der Waals surface area contributed by atoms with E-state index in [2.05, 4.69) is 12.2 Å². The van der Waals surface area contributed by atoms with Crippen LogP contribution in [0.4, 0.5) is 0 Å². The maximum atomic E-state index is 10.1. The molecule has 0 aliphatic heterocycles. The fraction of sp³-hybridized carbons (Fsp3) is 0.824. The summed E-state index contributed by atoms with van der Waals surface area (Å²) < 4.78 is 0. The van der Waals surface area contributed by atoms with Gasteiger partial charge in [0.2, 0.25) is 0 Å². The number of carbonyl (C=O) groups is 1. The van der Waals surface area contributed by atoms with Crippen LogP contribution in [-0.2, 0) is 4.79 Å². The van der Waals surface area contributed by atoms with Gasteiger partial charge >= 0.3 is 5.97 Å². The Labute approximate surface area is 135 Å². The fourth-order valence-corrected chi connectivity index (χ4v) is 1.73. The van der Waals surface area contributed by atoms with Crippen molar-refractivity contribution >= 4 is 5.97 Å². The average molecular weight is 317 g/mol. The third-order valence-corrected chi connectivity index (χ3v) is 2.86. The number of allylic oxidation sites excluding steroid dienone is 1. The minimum absolute atomic E-state index is 0.330. The molecule has 0 rings (SSSR count). The van der Waals surface area contributed by atoms with E-state index in [0.717, 1.165) is 12.8 Å². The van der Waals surface area contributed by atoms with E-state index in [-0.39, 0.29) is 12.2 Å². The molecule has 22 heavy (non-hydrogen) atoms. The summed E-state index contributed by atoms with van der Waals surface area (Å²) in [5.74, 6) is -0.842. The van der Waals surface area contributed by atoms with E-state index in [1.54, 1.807) is 19.9 Å². The molecule has 0 aliphatic rings. The second-order valence-electron chi connectivity index (χ2n) is 5.65. The van der Waals surface area contributed by atoms with Gasteiger partial charge in [-0.05, 0) is 26.7 Å². The van der Waals surface area contributed by atoms with E-state index in [0.29, 0.717) is 13.1 Å². The van der Waals surface area contributed by atoms with Crippen molar-refractivity contribution in [2.24, 2.45) is 0 Å². The molecule has 0 amide bonds. The van der Waals surface area contributed by atoms with Crippen LogP contribution >= 0.6 is 0 Å². The highest BCUT2D eigenvalue weighted by Crippen LogP contribution is 2.06. The smallest absolute Gasteiger partial charge is 0.327 e. The topological polar surface area (TPSA) is 89.8 Å². The van der Waals surface area contributed by atoms with Gasteiger partial charge in [-0.25, -0.2) is 4.79 Å². The van der Waals surface area contributed by atoms with E-state index in [1.807, 2.05) is 0 Å². The molecule has 5 nitrogen and oxygen atoms in total. The van der Waals surface area contributed by atoms with Crippen molar-refractivity contribution < 1.29 is 20.1 Å². The molecule has 2 atom stereocenters. The second-order valence-corrected chi connectivity index (χ2v) is 5.65. The lowest BCUT2D eigenvalue weighted by atomic mass is 10.1. The predicted octanol–water partition coefficient (Wildman–Crippen LogP) is 2.72. The quantitative estimate of drug-likeness (QED) is 0.328. The zero-order valence-electron chi connectivity index (χ0n) is 14.4. The third-order valence-electron chi connectivity index (χ3n) is 2.86. The average Bonchev–Trinajstić information content (AvgIpc) is 2.41. The molecule has 0 fully saturated rings. The van der Waals surface area contributed by atoms with Gasteiger partial charge in [0.1, 0.15) is 0 Å². The molecule has 0 heterocycles. The Balaban J connectivity index is 0. The van der Waals surface area contributed by atoms with E-state index in [1.165, 1.54) is 38.2 Å². The Morgan fingerprint density at radius 2 is 1.50 bits per heavy atom. The highest BCUT2D eigenvalue weighted by atomic mass is 16.4. The summed E-state index contributed by atoms with van der Waals surface area (Å²) in [6.45, 7) is 6.70. The van der Waals surface area contributed by atoms with Crippen molar-refractivity contribution in [2.45, 2.75) is 77.9 Å². The van der Waals surface area contributed by atoms with Crippen LogP contribution in [0.1, 0.15) is 65.7 Å². The Bertz CT molecular complexity index is 257. The number of aliphatic hydroxyl groups is 2. The SMILES string of the molecule is CC(O)CNCC(C)O.CCCCCCCC/C=C/C(=O)O. The molecule has 132 valence electrons. The summed E-state index contributed by atoms with van der Waals surface area (Å²) in [7, 11) is 0. The van der Waals surface area contributed by atoms with Gasteiger partial charge in [0.05, 0.1) is 12.2 Å². The van der Waals surface area contributed by atoms with Crippen LogP contribution in [0.2, 0.25) is 0 Å². The zero-order chi connectivity index (χ0) is 17.2. The predicted molar refractivity (Wildman–Crippen MR) is 91.0 cm³/mol. The molecule has 0 aromatic heterocycles. The molecule has 0 aliphatic carbocycles. The number of aliphatic hydroxyl groups excluding tert-OH is 2. The van der Waals surface area contributed by atoms with Crippen LogP contribution in [0.25, 0.3) is 0 Å². The molecule has 0 spiro atoms. The van der Waals surface area contributed by atoms with Crippen molar-refractivity contribution in [3.63, 3.8) is 0 Å². The van der Waals surface area contributed by atoms with Gasteiger partial charge in [0.15, 0.2) is 0 Å². The van der Waals surface area contributed by atoms with E-state index in [4.69, 9.17) is 15.3 Å². The number of carboxylic acid groups (broad SMARTS) is 1. The van der Waals surface area contributed by atoms with Crippen molar-refractivity contribution in [1.29, 1.82) is 0 Å². The lowest BCUT2D eigenvalue weighted by Gasteiger charge is -2.07. The number of unbranched alkanes of at least 4 members (excludes halogenated alkanes) is 6. The summed E-state index contributed by atoms with van der Waals surface area (Å²) in [5.41, 5.74) is 0. The van der Waals surface area contributed by atoms with Gasteiger partial charge in [-0.2, -0.15) is 0 Å². The minimum atomic E-state index is -0.842. The van der Waals surface area contributed by atoms with E-state index < -0.39 is 5.97 Å². The van der Waals surface area contributed by atoms with E-state index >= 15 is 0 Å². The number of hydrogen-bond donors (Lipinski definition) is 4. The Hall–Kier alpha value is -0.910. The van der Waals surface area contributed by atoms with Gasteiger partial charge in [-0.15, -0.1) is 0 Å². The molecular weight excluding hydrogens is 282 g/mol. The Morgan fingerprint density at radius 1 is 1.00 bits per heavy atom. The number of aliphatic carboxylic acids is 1. The van der Waals surface area contributed by atoms with Crippen LogP contribution < -0.4 is 5.32 Å². The number of rotatable bonds is 12. The monoisotopic (exact) mass is 317 g/mol. The highest BCUT2D eigenvalue weighted by Gasteiger charge is 1.96. The number of hydrogen-bond acceptors (Lipinski definition) is 4. The van der Waals surface area contributed by atoms with Crippen LogP contribution in [-0.4, -0.2) is 46.6 Å². The normalized spacial score (nSPS) is 13.5. The Kier molecular flexibility index (Phi) is 19.3. The van der Waals surface area contributed by atoms with Crippen LogP contribution in [0.5, 0.6) is 0 Å². The molecule has 0 bridgehead atoms. The van der Waals surface area contributed by atoms with Crippen molar-refractivity contribution in [3.05, 3.63) is 12.2 Å². The highest BCUT2D eigenvalue weighted by molar-refractivity contribution is 5.79. The molecule has 0 saturated heterocycles. The molecular formula is C17H35NO4. The first-order valence-electron chi connectivity index (χ1n) is 8.36. The van der Waals surface area contributed by atoms with Gasteiger partial charge < -0.3 is 20.6 Å². The van der Waals surface area contributed by atoms with Crippen LogP contribution in [0.15, 0.2) is 12.2 Å². The lowest BCUT2D eigenvalue weighted by Crippen LogP contribution is -2.30. The minimum Gasteiger partial charge on any atom is -0.478 e. The molecule has 5 heteroatoms. The van der Waals surface area contributed by atoms with Gasteiger partial charge in [-0.3, -0.25) is 0 Å². The zero-order valence-corrected chi connectivity index (χ0v) is 14.4. The van der Waals surface area contributed by atoms with Crippen molar-refractivity contribution in [3.8, 4) is 0 Å². The first-order valence-corrected chi connectivity index (χ1v) is 8.36. The molecule has 0 aromatic rings. The lowest BCUT2D eigenvalue weighted by molar-refractivity contribution is -0.131. The van der Waals surface area contributed by atoms with Crippen LogP contribution in [0, 0.1) is 0 Å². The van der Waals surface area contributed by atoms with Crippen molar-refractivity contribution in [2.75, 3.05) is 13.1 Å². The third kappa shape index (κ3) is 27.4. The van der Waals surface area contributed by atoms with E-state index in [9.17, 15) is 4.79 Å². The molecule has 0 radical (unpaired) electrons. The summed E-state index contributed by atoms with van der Waals surface area (Å²) in [6.07, 6.45) is 10.8. The van der Waals surface area contributed by atoms with Crippen molar-refractivity contribution in [1.82, 2.24) is 5.32 Å². The maximum absolute atomic E-state index is 10.1. The number of nitrogens with one attached hydrogen (secondary N) is 1. The number of carboxylic acids is 1. The van der Waals surface area contributed by atoms with Crippen LogP contribution in [0.3, 0.4) is 0 Å². The van der Waals surface area contributed by atoms with Gasteiger partial charge in [-0.1, -0.05) is 45.1 Å². The maximum Gasteiger partial charge on any atom is 0.327 e. The summed E-state index contributed by atoms with van der Waals surface area (Å²) in [4.78, 5) is 10.1. The largest absolute Gasteiger partial charge is 0.478 e. The molecule has 4 N–H and O–H groups in total.